The summed E-state index contributed by atoms with van der Waals surface area (Å²) in [5, 5.41) is 0. The molecule has 0 saturated carbocycles. The van der Waals surface area contributed by atoms with Crippen LogP contribution in [0.1, 0.15) is 81.1 Å². The van der Waals surface area contributed by atoms with Crippen molar-refractivity contribution in [3.8, 4) is 105 Å². The van der Waals surface area contributed by atoms with Crippen LogP contribution in [0.5, 0.6) is 69.0 Å². The topological polar surface area (TPSA) is 107 Å². The number of benzene rings is 13. The highest BCUT2D eigenvalue weighted by atomic mass is 16.5. The summed E-state index contributed by atoms with van der Waals surface area (Å²) in [4.78, 5) is 40.5. The molecule has 9 nitrogen and oxygen atoms in total. The lowest BCUT2D eigenvalue weighted by Gasteiger charge is -2.10. The van der Waals surface area contributed by atoms with Crippen molar-refractivity contribution in [1.29, 1.82) is 0 Å². The monoisotopic (exact) mass is 1240 g/mol. The fourth-order valence-electron chi connectivity index (χ4n) is 9.99. The standard InChI is InChI=1S/C87H54O9/c88-85(67-32-44-73(45-33-67)91-79-20-7-16-63(56-79)28-26-61-12-3-1-4-13-61)68-36-48-75(49-37-68)93-81-22-9-18-65(58-81)30-31-66-19-10-23-82(59-66)94-76-50-38-70(39-51-76)87(90)72-42-54-78(55-43-72)96-84-25-11-24-83(60-84)95-77-52-40-71(41-53-77)86(89)69-34-46-74(47-35-69)92-80-21-8-17-64(57-80)29-27-62-14-5-2-6-15-62/h1-25,32-60H. The van der Waals surface area contributed by atoms with Gasteiger partial charge in [-0.05, 0) is 255 Å². The number of carbonyl (C=O) groups excluding carboxylic acids is 3. The van der Waals surface area contributed by atoms with Gasteiger partial charge < -0.3 is 28.4 Å². The lowest BCUT2D eigenvalue weighted by Crippen LogP contribution is -2.01. The maximum Gasteiger partial charge on any atom is 0.193 e. The van der Waals surface area contributed by atoms with E-state index in [1.54, 1.807) is 152 Å². The third-order valence-electron chi connectivity index (χ3n) is 14.9. The van der Waals surface area contributed by atoms with Crippen LogP contribution in [0.15, 0.2) is 328 Å². The Balaban J connectivity index is 0.554. The fourth-order valence-corrected chi connectivity index (χ4v) is 9.99. The summed E-state index contributed by atoms with van der Waals surface area (Å²) < 4.78 is 36.8. The molecule has 0 saturated heterocycles. The lowest BCUT2D eigenvalue weighted by molar-refractivity contribution is 0.103. The summed E-state index contributed by atoms with van der Waals surface area (Å²) in [6.45, 7) is 0. The average molecular weight is 1240 g/mol. The van der Waals surface area contributed by atoms with Crippen molar-refractivity contribution in [1.82, 2.24) is 0 Å². The van der Waals surface area contributed by atoms with Gasteiger partial charge in [-0.3, -0.25) is 14.4 Å². The van der Waals surface area contributed by atoms with E-state index in [-0.39, 0.29) is 17.3 Å². The van der Waals surface area contributed by atoms with Gasteiger partial charge >= 0.3 is 0 Å². The highest BCUT2D eigenvalue weighted by molar-refractivity contribution is 6.10. The van der Waals surface area contributed by atoms with E-state index in [4.69, 9.17) is 28.4 Å². The summed E-state index contributed by atoms with van der Waals surface area (Å²) in [6, 6.07) is 98.9. The first kappa shape index (κ1) is 61.2. The third-order valence-corrected chi connectivity index (χ3v) is 14.9. The molecule has 0 aliphatic heterocycles. The van der Waals surface area contributed by atoms with E-state index < -0.39 is 0 Å². The molecule has 0 aliphatic rings. The minimum absolute atomic E-state index is 0.127. The van der Waals surface area contributed by atoms with Crippen molar-refractivity contribution in [3.63, 3.8) is 0 Å². The van der Waals surface area contributed by atoms with Gasteiger partial charge in [-0.2, -0.15) is 0 Å². The molecule has 0 heterocycles. The van der Waals surface area contributed by atoms with E-state index in [0.29, 0.717) is 102 Å². The Morgan fingerprint density at radius 3 is 0.562 bits per heavy atom. The molecule has 0 unspecified atom stereocenters. The molecule has 96 heavy (non-hydrogen) atoms. The number of hydrogen-bond acceptors (Lipinski definition) is 9. The maximum absolute atomic E-state index is 13.6. The zero-order chi connectivity index (χ0) is 65.3. The van der Waals surface area contributed by atoms with Crippen molar-refractivity contribution in [3.05, 3.63) is 394 Å². The zero-order valence-corrected chi connectivity index (χ0v) is 51.4. The Morgan fingerprint density at radius 1 is 0.167 bits per heavy atom. The van der Waals surface area contributed by atoms with Gasteiger partial charge in [0.25, 0.3) is 0 Å². The first-order valence-corrected chi connectivity index (χ1v) is 30.7. The number of hydrogen-bond donors (Lipinski definition) is 0. The number of rotatable bonds is 18. The number of ether oxygens (including phenoxy) is 6. The highest BCUT2D eigenvalue weighted by Crippen LogP contribution is 2.32. The maximum atomic E-state index is 13.6. The Morgan fingerprint density at radius 2 is 0.344 bits per heavy atom. The lowest BCUT2D eigenvalue weighted by atomic mass is 10.0. The zero-order valence-electron chi connectivity index (χ0n) is 51.4. The van der Waals surface area contributed by atoms with Crippen molar-refractivity contribution >= 4 is 17.3 Å². The molecular weight excluding hydrogens is 1190 g/mol. The van der Waals surface area contributed by atoms with E-state index in [1.165, 1.54) is 0 Å². The van der Waals surface area contributed by atoms with E-state index >= 15 is 0 Å². The van der Waals surface area contributed by atoms with Crippen LogP contribution in [-0.4, -0.2) is 17.3 Å². The summed E-state index contributed by atoms with van der Waals surface area (Å²) in [5.74, 6) is 25.7. The van der Waals surface area contributed by atoms with Gasteiger partial charge in [0.2, 0.25) is 0 Å². The van der Waals surface area contributed by atoms with E-state index in [9.17, 15) is 14.4 Å². The van der Waals surface area contributed by atoms with Crippen LogP contribution in [0.25, 0.3) is 0 Å². The van der Waals surface area contributed by atoms with E-state index in [0.717, 1.165) is 33.4 Å². The normalized spacial score (nSPS) is 10.4. The second kappa shape index (κ2) is 29.5. The molecule has 13 aromatic carbocycles. The van der Waals surface area contributed by atoms with Crippen LogP contribution in [0, 0.1) is 35.5 Å². The number of carbonyl (C=O) groups is 3. The summed E-state index contributed by atoms with van der Waals surface area (Å²) in [5.41, 5.74) is 8.08. The molecule has 0 aromatic heterocycles. The van der Waals surface area contributed by atoms with Crippen LogP contribution in [0.2, 0.25) is 0 Å². The number of ketones is 3. The first-order valence-electron chi connectivity index (χ1n) is 30.7. The quantitative estimate of drug-likeness (QED) is 0.0613. The van der Waals surface area contributed by atoms with Gasteiger partial charge in [-0.1, -0.05) is 102 Å². The minimum atomic E-state index is -0.158. The Bertz CT molecular complexity index is 5130. The Hall–Kier alpha value is -13.7. The van der Waals surface area contributed by atoms with Gasteiger partial charge in [0.1, 0.15) is 69.0 Å². The first-order chi connectivity index (χ1) is 47.2. The molecule has 0 amide bonds. The van der Waals surface area contributed by atoms with E-state index in [1.807, 2.05) is 176 Å². The second-order valence-electron chi connectivity index (χ2n) is 21.8. The summed E-state index contributed by atoms with van der Waals surface area (Å²) in [6.07, 6.45) is 0. The molecule has 13 aromatic rings. The van der Waals surface area contributed by atoms with Gasteiger partial charge in [0, 0.05) is 72.8 Å². The van der Waals surface area contributed by atoms with Gasteiger partial charge in [0.05, 0.1) is 0 Å². The second-order valence-corrected chi connectivity index (χ2v) is 21.8. The smallest absolute Gasteiger partial charge is 0.193 e. The van der Waals surface area contributed by atoms with Gasteiger partial charge in [-0.25, -0.2) is 0 Å². The molecular formula is C87H54O9. The molecule has 0 N–H and O–H groups in total. The largest absolute Gasteiger partial charge is 0.457 e. The van der Waals surface area contributed by atoms with Crippen LogP contribution in [0.3, 0.4) is 0 Å². The van der Waals surface area contributed by atoms with Crippen LogP contribution < -0.4 is 28.4 Å². The summed E-state index contributed by atoms with van der Waals surface area (Å²) in [7, 11) is 0. The molecule has 0 bridgehead atoms. The van der Waals surface area contributed by atoms with Gasteiger partial charge in [-0.15, -0.1) is 0 Å². The van der Waals surface area contributed by atoms with Crippen LogP contribution >= 0.6 is 0 Å². The van der Waals surface area contributed by atoms with Crippen LogP contribution in [0.4, 0.5) is 0 Å². The van der Waals surface area contributed by atoms with E-state index in [2.05, 4.69) is 35.5 Å². The van der Waals surface area contributed by atoms with Crippen molar-refractivity contribution in [2.75, 3.05) is 0 Å². The molecule has 456 valence electrons. The SMILES string of the molecule is O=C(c1ccc(Oc2cccc(C#Cc3ccccc3)c2)cc1)c1ccc(Oc2cccc(C#Cc3cccc(Oc4ccc(C(=O)c5ccc(Oc6cccc(Oc7ccc(C(=O)c8ccc(Oc9cccc(C#Cc%10ccccc%10)c9)cc8)cc7)c6)cc5)cc4)c3)c2)cc1. The molecule has 0 atom stereocenters. The van der Waals surface area contributed by atoms with Crippen molar-refractivity contribution in [2.45, 2.75) is 0 Å². The Kier molecular flexibility index (Phi) is 18.8. The molecule has 0 spiro atoms. The van der Waals surface area contributed by atoms with Gasteiger partial charge in [0.15, 0.2) is 17.3 Å². The average Bonchev–Trinajstić information content (AvgIpc) is 2.23. The third kappa shape index (κ3) is 16.5. The molecule has 0 aliphatic carbocycles. The predicted octanol–water partition coefficient (Wildman–Crippen LogP) is 20.3. The van der Waals surface area contributed by atoms with Crippen LogP contribution in [-0.2, 0) is 0 Å². The van der Waals surface area contributed by atoms with Crippen molar-refractivity contribution < 1.29 is 42.8 Å². The molecule has 0 fully saturated rings. The molecule has 13 rings (SSSR count). The fraction of sp³-hybridized carbons (Fsp3) is 0. The Labute approximate surface area is 556 Å². The highest BCUT2D eigenvalue weighted by Gasteiger charge is 2.15. The minimum Gasteiger partial charge on any atom is -0.457 e. The predicted molar refractivity (Wildman–Crippen MR) is 372 cm³/mol. The molecule has 9 heteroatoms. The van der Waals surface area contributed by atoms with Crippen molar-refractivity contribution in [2.24, 2.45) is 0 Å². The summed E-state index contributed by atoms with van der Waals surface area (Å²) >= 11 is 0. The molecule has 0 radical (unpaired) electrons.